The molecule has 0 amide bonds. The molecule has 0 aliphatic carbocycles. The van der Waals surface area contributed by atoms with Crippen molar-refractivity contribution in [2.75, 3.05) is 0 Å². The summed E-state index contributed by atoms with van der Waals surface area (Å²) in [5, 5.41) is -7.38. The maximum Gasteiger partial charge on any atom is 0.0636 e. The van der Waals surface area contributed by atoms with Crippen LogP contribution in [0.1, 0.15) is 38.4 Å². The van der Waals surface area contributed by atoms with Crippen LogP contribution in [-0.4, -0.2) is 0 Å². The van der Waals surface area contributed by atoms with E-state index in [1.165, 1.54) is 0 Å². The van der Waals surface area contributed by atoms with E-state index in [4.69, 9.17) is 21.9 Å². The maximum atomic E-state index is 10.1. The summed E-state index contributed by atoms with van der Waals surface area (Å²) < 4.78 is 254. The van der Waals surface area contributed by atoms with Gasteiger partial charge in [-0.25, -0.2) is 0 Å². The van der Waals surface area contributed by atoms with Gasteiger partial charge >= 0.3 is 0 Å². The molecule has 0 unspecified atom stereocenters. The molecule has 0 fully saturated rings. The van der Waals surface area contributed by atoms with Crippen LogP contribution in [0.25, 0.3) is 98.0 Å². The monoisotopic (exact) mass is 608 g/mol. The Kier molecular flexibility index (Phi) is 2.18. The van der Waals surface area contributed by atoms with E-state index >= 15 is 0 Å². The van der Waals surface area contributed by atoms with Crippen LogP contribution >= 0.6 is 0 Å². The van der Waals surface area contributed by atoms with Crippen molar-refractivity contribution < 1.29 is 38.4 Å². The van der Waals surface area contributed by atoms with E-state index in [0.29, 0.717) is 0 Å². The standard InChI is InChI=1S/C46H28/c1-3-11-29(12-4-1)36-24-22-32-19-20-33-27-35(28-34-23-25-40(36)44(32)42(33)34)45-39-18-10-9-17-38(39)43(31-14-5-2-6-15-31)41-26-21-30-13-7-8-16-37(30)46(41)45/h1-28H/i1D,2D,3D,4D,5D,6D,7D,8D,9D,10D,11D,12D,13D,14D,15D,16D,17D,18D,19D,20D,21D,22D,23D,24D,25D,26D,27D,28D. The largest absolute Gasteiger partial charge is 0.0636 e. The smallest absolute Gasteiger partial charge is 0.0622 e. The van der Waals surface area contributed by atoms with E-state index in [-0.39, 0.29) is 0 Å². The summed E-state index contributed by atoms with van der Waals surface area (Å²) in [4.78, 5) is 0. The van der Waals surface area contributed by atoms with Gasteiger partial charge < -0.3 is 0 Å². The van der Waals surface area contributed by atoms with Crippen molar-refractivity contribution >= 4 is 64.6 Å². The number of benzene rings is 10. The van der Waals surface area contributed by atoms with Gasteiger partial charge in [-0.2, -0.15) is 0 Å². The first-order valence-corrected chi connectivity index (χ1v) is 13.8. The number of hydrogen-bond acceptors (Lipinski definition) is 0. The van der Waals surface area contributed by atoms with Crippen LogP contribution < -0.4 is 0 Å². The van der Waals surface area contributed by atoms with Gasteiger partial charge in [-0.05, 0) is 110 Å². The first-order valence-electron chi connectivity index (χ1n) is 27.8. The molecule has 0 aliphatic rings. The minimum Gasteiger partial charge on any atom is -0.0622 e. The molecule has 0 heteroatoms. The summed E-state index contributed by atoms with van der Waals surface area (Å²) in [6.45, 7) is 0. The quantitative estimate of drug-likeness (QED) is 0.138. The fourth-order valence-corrected chi connectivity index (χ4v) is 6.03. The van der Waals surface area contributed by atoms with Gasteiger partial charge in [-0.3, -0.25) is 0 Å². The van der Waals surface area contributed by atoms with Gasteiger partial charge in [0.2, 0.25) is 0 Å². The zero-order valence-electron chi connectivity index (χ0n) is 51.0. The average Bonchev–Trinajstić information content (AvgIpc) is 3.36. The minimum absolute atomic E-state index is 0.409. The van der Waals surface area contributed by atoms with E-state index in [1.54, 1.807) is 0 Å². The van der Waals surface area contributed by atoms with Crippen molar-refractivity contribution in [1.29, 1.82) is 0 Å². The lowest BCUT2D eigenvalue weighted by molar-refractivity contribution is 1.66. The average molecular weight is 609 g/mol. The van der Waals surface area contributed by atoms with Crippen molar-refractivity contribution in [3.63, 3.8) is 0 Å². The van der Waals surface area contributed by atoms with Crippen molar-refractivity contribution in [2.24, 2.45) is 0 Å². The Balaban J connectivity index is 1.59. The van der Waals surface area contributed by atoms with Gasteiger partial charge in [0.15, 0.2) is 0 Å². The Morgan fingerprint density at radius 1 is 0.283 bits per heavy atom. The van der Waals surface area contributed by atoms with E-state index in [2.05, 4.69) is 0 Å². The molecular formula is C46H28. The highest BCUT2D eigenvalue weighted by atomic mass is 14.2. The molecule has 46 heavy (non-hydrogen) atoms. The molecule has 0 heterocycles. The fraction of sp³-hybridized carbons (Fsp3) is 0. The second-order valence-corrected chi connectivity index (χ2v) is 10.2. The van der Waals surface area contributed by atoms with Gasteiger partial charge in [-0.15, -0.1) is 0 Å². The SMILES string of the molecule is [2H]c1c([2H])c([2H])c(-c2c3c([2H])c([2H])c([2H])c([2H])c3c(-c3c([2H])c4c([2H])c([2H])c5c([2H])c([2H])c(-c6c([2H])c([2H])c([2H])c([2H])c6[2H])c6c([2H])c([2H])c(c3[2H])c4c56)c3c2c([2H])c([2H])c2c([2H])c([2H])c([2H])c([2H])c23)c([2H])c1[2H]. The minimum atomic E-state index is -1.00. The molecule has 10 aromatic rings. The molecule has 0 saturated heterocycles. The number of hydrogen-bond donors (Lipinski definition) is 0. The Bertz CT molecular complexity index is 4300. The van der Waals surface area contributed by atoms with Crippen LogP contribution in [-0.2, 0) is 0 Å². The van der Waals surface area contributed by atoms with E-state index in [0.717, 1.165) is 0 Å². The van der Waals surface area contributed by atoms with Gasteiger partial charge in [-0.1, -0.05) is 157 Å². The van der Waals surface area contributed by atoms with E-state index in [9.17, 15) is 16.4 Å². The third kappa shape index (κ3) is 3.62. The molecule has 0 bridgehead atoms. The van der Waals surface area contributed by atoms with Crippen LogP contribution in [0.4, 0.5) is 0 Å². The molecule has 10 rings (SSSR count). The third-order valence-electron chi connectivity index (χ3n) is 7.88. The summed E-state index contributed by atoms with van der Waals surface area (Å²) in [6.07, 6.45) is 0. The third-order valence-corrected chi connectivity index (χ3v) is 7.88. The summed E-state index contributed by atoms with van der Waals surface area (Å²) in [5.74, 6) is 0. The molecular weight excluding hydrogens is 553 g/mol. The molecule has 0 radical (unpaired) electrons. The number of fused-ring (bicyclic) bond motifs is 4. The van der Waals surface area contributed by atoms with Crippen LogP contribution in [0.2, 0.25) is 0 Å². The molecule has 0 spiro atoms. The highest BCUT2D eigenvalue weighted by molar-refractivity contribution is 6.30. The molecule has 0 atom stereocenters. The van der Waals surface area contributed by atoms with Gasteiger partial charge in [0.25, 0.3) is 0 Å². The van der Waals surface area contributed by atoms with Crippen LogP contribution in [0.15, 0.2) is 169 Å². The molecule has 0 N–H and O–H groups in total. The van der Waals surface area contributed by atoms with Crippen LogP contribution in [0, 0.1) is 0 Å². The van der Waals surface area contributed by atoms with E-state index in [1.807, 2.05) is 0 Å². The Morgan fingerprint density at radius 2 is 0.826 bits per heavy atom. The molecule has 0 aromatic heterocycles. The van der Waals surface area contributed by atoms with Crippen molar-refractivity contribution in [3.8, 4) is 33.4 Å². The first-order chi connectivity index (χ1) is 34.5. The van der Waals surface area contributed by atoms with Crippen molar-refractivity contribution in [2.45, 2.75) is 0 Å². The normalized spacial score (nSPS) is 20.4. The number of rotatable bonds is 3. The maximum absolute atomic E-state index is 10.1. The van der Waals surface area contributed by atoms with Crippen molar-refractivity contribution in [3.05, 3.63) is 169 Å². The molecule has 212 valence electrons. The highest BCUT2D eigenvalue weighted by Gasteiger charge is 2.20. The molecule has 0 nitrogen and oxygen atoms in total. The van der Waals surface area contributed by atoms with Crippen LogP contribution in [0.5, 0.6) is 0 Å². The Morgan fingerprint density at radius 3 is 1.59 bits per heavy atom. The second kappa shape index (κ2) is 9.76. The predicted octanol–water partition coefficient (Wildman–Crippen LogP) is 13.0. The zero-order valence-corrected chi connectivity index (χ0v) is 23.0. The molecule has 0 aliphatic heterocycles. The second-order valence-electron chi connectivity index (χ2n) is 10.2. The summed E-state index contributed by atoms with van der Waals surface area (Å²) in [5.41, 5.74) is -4.31. The summed E-state index contributed by atoms with van der Waals surface area (Å²) in [6, 6.07) is -25.9. The predicted molar refractivity (Wildman–Crippen MR) is 199 cm³/mol. The lowest BCUT2D eigenvalue weighted by atomic mass is 9.82. The van der Waals surface area contributed by atoms with Crippen LogP contribution in [0.3, 0.4) is 0 Å². The Hall–Kier alpha value is -5.98. The summed E-state index contributed by atoms with van der Waals surface area (Å²) >= 11 is 0. The van der Waals surface area contributed by atoms with Gasteiger partial charge in [0, 0.05) is 0 Å². The lowest BCUT2D eigenvalue weighted by Crippen LogP contribution is -1.93. The Labute approximate surface area is 306 Å². The molecule has 0 saturated carbocycles. The van der Waals surface area contributed by atoms with Gasteiger partial charge in [0.1, 0.15) is 0 Å². The fourth-order valence-electron chi connectivity index (χ4n) is 6.03. The first kappa shape index (κ1) is 10.3. The van der Waals surface area contributed by atoms with Gasteiger partial charge in [0.05, 0.1) is 38.4 Å². The van der Waals surface area contributed by atoms with E-state index < -0.39 is 267 Å². The topological polar surface area (TPSA) is 0 Å². The lowest BCUT2D eigenvalue weighted by Gasteiger charge is -2.20. The summed E-state index contributed by atoms with van der Waals surface area (Å²) in [7, 11) is 0. The highest BCUT2D eigenvalue weighted by Crippen LogP contribution is 2.48. The zero-order chi connectivity index (χ0) is 54.6. The van der Waals surface area contributed by atoms with Crippen molar-refractivity contribution in [1.82, 2.24) is 0 Å². The molecule has 10 aromatic carbocycles.